The Morgan fingerprint density at radius 1 is 1.47 bits per heavy atom. The molecule has 0 saturated carbocycles. The van der Waals surface area contributed by atoms with Gasteiger partial charge in [-0.05, 0) is 44.0 Å². The second-order valence-corrected chi connectivity index (χ2v) is 5.47. The number of fused-ring (bicyclic) bond motifs is 1. The van der Waals surface area contributed by atoms with Gasteiger partial charge in [0.25, 0.3) is 0 Å². The number of nitrogens with one attached hydrogen (secondary N) is 1. The van der Waals surface area contributed by atoms with E-state index in [1.54, 1.807) is 7.11 Å². The summed E-state index contributed by atoms with van der Waals surface area (Å²) in [5, 5.41) is 1.79. The smallest absolute Gasteiger partial charge is 0.119 e. The first-order chi connectivity index (χ1) is 9.02. The number of pyridine rings is 1. The number of halogens is 1. The molecule has 0 unspecified atom stereocenters. The van der Waals surface area contributed by atoms with Crippen molar-refractivity contribution in [3.8, 4) is 5.75 Å². The summed E-state index contributed by atoms with van der Waals surface area (Å²) < 4.78 is 6.11. The Balaban J connectivity index is 2.65. The normalized spacial score (nSPS) is 11.9. The van der Waals surface area contributed by atoms with E-state index < -0.39 is 0 Å². The van der Waals surface area contributed by atoms with Crippen molar-refractivity contribution in [2.24, 2.45) is 0 Å². The van der Waals surface area contributed by atoms with Crippen LogP contribution in [0.2, 0.25) is 0 Å². The van der Waals surface area contributed by atoms with Crippen molar-refractivity contribution in [3.63, 3.8) is 0 Å². The molecule has 1 aromatic heterocycles. The fourth-order valence-corrected chi connectivity index (χ4v) is 2.53. The molecule has 19 heavy (non-hydrogen) atoms. The summed E-state index contributed by atoms with van der Waals surface area (Å²) in [5.41, 5.74) is 3.21. The summed E-state index contributed by atoms with van der Waals surface area (Å²) in [7, 11) is 1.66. The minimum absolute atomic E-state index is 0.740. The molecule has 1 aromatic carbocycles. The van der Waals surface area contributed by atoms with E-state index in [1.165, 1.54) is 0 Å². The summed E-state index contributed by atoms with van der Waals surface area (Å²) in [5.74, 6) is 0.811. The van der Waals surface area contributed by atoms with Crippen molar-refractivity contribution >= 4 is 34.7 Å². The number of benzene rings is 1. The third kappa shape index (κ3) is 2.99. The molecule has 2 nitrogen and oxygen atoms in total. The quantitative estimate of drug-likeness (QED) is 0.814. The highest BCUT2D eigenvalue weighted by Crippen LogP contribution is 2.24. The van der Waals surface area contributed by atoms with Gasteiger partial charge in [0.1, 0.15) is 5.75 Å². The lowest BCUT2D eigenvalue weighted by atomic mass is 10.1. The average Bonchev–Trinajstić information content (AvgIpc) is 2.38. The van der Waals surface area contributed by atoms with Gasteiger partial charge in [-0.1, -0.05) is 29.9 Å². The maximum Gasteiger partial charge on any atom is 0.119 e. The van der Waals surface area contributed by atoms with Crippen LogP contribution in [0.4, 0.5) is 0 Å². The fourth-order valence-electron chi connectivity index (χ4n) is 2.05. The molecule has 0 fully saturated rings. The van der Waals surface area contributed by atoms with Gasteiger partial charge >= 0.3 is 0 Å². The van der Waals surface area contributed by atoms with E-state index in [2.05, 4.69) is 4.98 Å². The van der Waals surface area contributed by atoms with E-state index in [4.69, 9.17) is 28.6 Å². The van der Waals surface area contributed by atoms with Crippen LogP contribution in [0.1, 0.15) is 18.2 Å². The fraction of sp³-hybridized carbons (Fsp3) is 0.267. The Kier molecular flexibility index (Phi) is 4.27. The summed E-state index contributed by atoms with van der Waals surface area (Å²) in [6.07, 6.45) is 2.71. The molecule has 4 heteroatoms. The molecule has 0 aliphatic heterocycles. The van der Waals surface area contributed by atoms with E-state index in [0.29, 0.717) is 0 Å². The van der Waals surface area contributed by atoms with Crippen molar-refractivity contribution in [3.05, 3.63) is 45.1 Å². The van der Waals surface area contributed by atoms with Crippen molar-refractivity contribution in [1.82, 2.24) is 4.98 Å². The lowest BCUT2D eigenvalue weighted by molar-refractivity contribution is 0.415. The topological polar surface area (TPSA) is 25.0 Å². The molecule has 0 amide bonds. The van der Waals surface area contributed by atoms with E-state index in [9.17, 15) is 0 Å². The average molecular weight is 294 g/mol. The van der Waals surface area contributed by atoms with Crippen molar-refractivity contribution in [2.45, 2.75) is 20.3 Å². The monoisotopic (exact) mass is 293 g/mol. The van der Waals surface area contributed by atoms with E-state index in [1.807, 2.05) is 38.1 Å². The molecular weight excluding hydrogens is 278 g/mol. The van der Waals surface area contributed by atoms with Gasteiger partial charge in [0.2, 0.25) is 0 Å². The van der Waals surface area contributed by atoms with Crippen LogP contribution in [0.5, 0.6) is 5.75 Å². The minimum Gasteiger partial charge on any atom is -0.497 e. The van der Waals surface area contributed by atoms with Crippen molar-refractivity contribution in [1.29, 1.82) is 0 Å². The molecule has 0 aliphatic carbocycles. The molecule has 0 radical (unpaired) electrons. The molecule has 2 aromatic rings. The SMILES string of the molecule is COc1ccc2[nH]c(C)c(C/C=C(/C)Cl)c(=S)c2c1. The molecule has 1 heterocycles. The zero-order valence-corrected chi connectivity index (χ0v) is 12.8. The van der Waals surface area contributed by atoms with Gasteiger partial charge in [0.05, 0.1) is 11.6 Å². The Morgan fingerprint density at radius 3 is 2.84 bits per heavy atom. The lowest BCUT2D eigenvalue weighted by Gasteiger charge is -2.09. The third-order valence-electron chi connectivity index (χ3n) is 3.11. The standard InChI is InChI=1S/C15H16ClNOS/c1-9(16)4-6-12-10(2)17-14-7-5-11(18-3)8-13(14)15(12)19/h4-5,7-8H,6H2,1-3H3,(H,17,19)/b9-4-. The van der Waals surface area contributed by atoms with Gasteiger partial charge in [-0.25, -0.2) is 0 Å². The third-order valence-corrected chi connectivity index (χ3v) is 3.73. The summed E-state index contributed by atoms with van der Waals surface area (Å²) in [4.78, 5) is 3.38. The highest BCUT2D eigenvalue weighted by Gasteiger charge is 2.06. The Morgan fingerprint density at radius 2 is 2.21 bits per heavy atom. The van der Waals surface area contributed by atoms with Crippen LogP contribution in [0.3, 0.4) is 0 Å². The number of aromatic nitrogens is 1. The number of rotatable bonds is 3. The predicted molar refractivity (Wildman–Crippen MR) is 83.7 cm³/mol. The molecular formula is C15H16ClNOS. The van der Waals surface area contributed by atoms with Gasteiger partial charge < -0.3 is 9.72 Å². The molecule has 0 bridgehead atoms. The Hall–Kier alpha value is -1.32. The summed E-state index contributed by atoms with van der Waals surface area (Å²) in [6.45, 7) is 3.90. The second kappa shape index (κ2) is 5.76. The lowest BCUT2D eigenvalue weighted by Crippen LogP contribution is -1.95. The first-order valence-electron chi connectivity index (χ1n) is 6.04. The van der Waals surface area contributed by atoms with Gasteiger partial charge in [0.15, 0.2) is 0 Å². The number of methoxy groups -OCH3 is 1. The number of ether oxygens (including phenoxy) is 1. The number of aromatic amines is 1. The van der Waals surface area contributed by atoms with Crippen LogP contribution in [0.15, 0.2) is 29.3 Å². The highest BCUT2D eigenvalue weighted by atomic mass is 35.5. The van der Waals surface area contributed by atoms with E-state index >= 15 is 0 Å². The second-order valence-electron chi connectivity index (χ2n) is 4.46. The molecule has 0 atom stereocenters. The van der Waals surface area contributed by atoms with Crippen LogP contribution >= 0.6 is 23.8 Å². The zero-order chi connectivity index (χ0) is 14.0. The van der Waals surface area contributed by atoms with E-state index in [-0.39, 0.29) is 0 Å². The Labute approximate surface area is 123 Å². The van der Waals surface area contributed by atoms with Crippen LogP contribution in [0, 0.1) is 11.4 Å². The predicted octanol–water partition coefficient (Wildman–Crippen LogP) is 4.90. The van der Waals surface area contributed by atoms with Gasteiger partial charge in [0, 0.05) is 21.6 Å². The van der Waals surface area contributed by atoms with E-state index in [0.717, 1.165) is 43.9 Å². The maximum atomic E-state index is 5.90. The molecule has 0 aliphatic rings. The van der Waals surface area contributed by atoms with Crippen LogP contribution in [0.25, 0.3) is 10.9 Å². The van der Waals surface area contributed by atoms with Gasteiger partial charge in [-0.3, -0.25) is 0 Å². The van der Waals surface area contributed by atoms with Crippen LogP contribution in [-0.2, 0) is 6.42 Å². The number of aryl methyl sites for hydroxylation is 1. The van der Waals surface area contributed by atoms with Crippen molar-refractivity contribution < 1.29 is 4.74 Å². The zero-order valence-electron chi connectivity index (χ0n) is 11.2. The maximum absolute atomic E-state index is 5.90. The number of allylic oxidation sites excluding steroid dienone is 2. The summed E-state index contributed by atoms with van der Waals surface area (Å²) in [6, 6.07) is 5.88. The first-order valence-corrected chi connectivity index (χ1v) is 6.83. The Bertz CT molecular complexity index is 699. The molecule has 0 spiro atoms. The van der Waals surface area contributed by atoms with Crippen molar-refractivity contribution in [2.75, 3.05) is 7.11 Å². The summed E-state index contributed by atoms with van der Waals surface area (Å²) >= 11 is 11.5. The molecule has 1 N–H and O–H groups in total. The molecule has 0 saturated heterocycles. The molecule has 2 rings (SSSR count). The number of H-pyrrole nitrogens is 1. The first kappa shape index (κ1) is 14.1. The largest absolute Gasteiger partial charge is 0.497 e. The van der Waals surface area contributed by atoms with Gasteiger partial charge in [-0.15, -0.1) is 0 Å². The minimum atomic E-state index is 0.740. The number of hydrogen-bond donors (Lipinski definition) is 1. The van der Waals surface area contributed by atoms with Crippen LogP contribution < -0.4 is 4.74 Å². The van der Waals surface area contributed by atoms with Crippen LogP contribution in [-0.4, -0.2) is 12.1 Å². The molecule has 100 valence electrons. The van der Waals surface area contributed by atoms with Gasteiger partial charge in [-0.2, -0.15) is 0 Å². The number of hydrogen-bond acceptors (Lipinski definition) is 2. The highest BCUT2D eigenvalue weighted by molar-refractivity contribution is 7.71.